The number of ether oxygens (including phenoxy) is 5. The van der Waals surface area contributed by atoms with Gasteiger partial charge in [-0.3, -0.25) is 24.7 Å². The summed E-state index contributed by atoms with van der Waals surface area (Å²) in [5, 5.41) is 30.1. The van der Waals surface area contributed by atoms with Crippen molar-refractivity contribution in [2.24, 2.45) is 22.7 Å². The lowest BCUT2D eigenvalue weighted by Gasteiger charge is -2.19. The molecule has 0 radical (unpaired) electrons. The van der Waals surface area contributed by atoms with Crippen LogP contribution in [0.5, 0.6) is 23.8 Å². The molecule has 0 spiro atoms. The number of nitrogens with zero attached hydrogens (tertiary/aromatic N) is 9. The third-order valence-corrected chi connectivity index (χ3v) is 13.4. The fourth-order valence-electron chi connectivity index (χ4n) is 6.33. The molecular weight excluding hydrogens is 913 g/mol. The minimum absolute atomic E-state index is 0.0242. The summed E-state index contributed by atoms with van der Waals surface area (Å²) in [6.45, 7) is 19.7. The van der Waals surface area contributed by atoms with Crippen LogP contribution >= 0.6 is 0 Å². The lowest BCUT2D eigenvalue weighted by molar-refractivity contribution is -0.149. The molecule has 2 aliphatic rings. The summed E-state index contributed by atoms with van der Waals surface area (Å²) >= 11 is 0. The van der Waals surface area contributed by atoms with E-state index in [1.54, 1.807) is 69.3 Å². The van der Waals surface area contributed by atoms with Crippen molar-refractivity contribution in [1.82, 2.24) is 49.9 Å². The van der Waals surface area contributed by atoms with Crippen LogP contribution in [0.1, 0.15) is 64.5 Å². The molecule has 0 amide bonds. The highest BCUT2D eigenvalue weighted by Crippen LogP contribution is 2.32. The van der Waals surface area contributed by atoms with Gasteiger partial charge in [0.25, 0.3) is 0 Å². The zero-order valence-corrected chi connectivity index (χ0v) is 42.5. The van der Waals surface area contributed by atoms with Crippen LogP contribution in [0.25, 0.3) is 45.3 Å². The molecule has 8 rings (SSSR count). The van der Waals surface area contributed by atoms with Crippen LogP contribution in [0.3, 0.4) is 0 Å². The Labute approximate surface area is 408 Å². The van der Waals surface area contributed by atoms with E-state index in [0.29, 0.717) is 73.8 Å². The molecule has 2 aliphatic carbocycles. The zero-order valence-electron chi connectivity index (χ0n) is 41.5. The molecule has 0 aliphatic heterocycles. The molecule has 2 saturated carbocycles. The predicted octanol–water partition coefficient (Wildman–Crippen LogP) is 8.82. The van der Waals surface area contributed by atoms with Crippen LogP contribution in [0.2, 0.25) is 25.7 Å². The highest BCUT2D eigenvalue weighted by molar-refractivity contribution is 6.76. The van der Waals surface area contributed by atoms with Gasteiger partial charge in [0.1, 0.15) is 19.9 Å². The minimum atomic E-state index is -1.18. The Hall–Kier alpha value is -6.80. The van der Waals surface area contributed by atoms with Gasteiger partial charge in [0.05, 0.1) is 35.4 Å². The first kappa shape index (κ1) is 51.1. The quantitative estimate of drug-likeness (QED) is 0.0401. The van der Waals surface area contributed by atoms with Crippen LogP contribution < -0.4 is 18.9 Å². The van der Waals surface area contributed by atoms with E-state index in [2.05, 4.69) is 64.8 Å². The SMILES string of the molecule is Cc1cc(OCC(C)(C)C(=O)O)ncc1-c1ccc(-c2nc(OCC3CC3)n(COCC[Si](C)(C)C)n2)cn1.Cc1cc(OCC(C)(C)C(=O)O)ncc1-c1ccc(-c2nc(OCC3CC3)n[nH]2)cn1. The second-order valence-electron chi connectivity index (χ2n) is 20.5. The fraction of sp³-hybridized carbons (Fsp3) is 0.480. The fourth-order valence-corrected chi connectivity index (χ4v) is 7.09. The summed E-state index contributed by atoms with van der Waals surface area (Å²) in [6, 6.07) is 13.1. The summed E-state index contributed by atoms with van der Waals surface area (Å²) in [5.41, 5.74) is 4.66. The van der Waals surface area contributed by atoms with Gasteiger partial charge in [-0.1, -0.05) is 19.6 Å². The van der Waals surface area contributed by atoms with Crippen LogP contribution in [-0.4, -0.2) is 113 Å². The Morgan fingerprint density at radius 2 is 1.24 bits per heavy atom. The monoisotopic (exact) mass is 976 g/mol. The molecule has 372 valence electrons. The smallest absolute Gasteiger partial charge is 0.335 e. The molecule has 0 saturated heterocycles. The number of carboxylic acids is 2. The van der Waals surface area contributed by atoms with Gasteiger partial charge in [-0.05, 0) is 120 Å². The van der Waals surface area contributed by atoms with E-state index in [9.17, 15) is 19.8 Å². The number of hydrogen-bond donors (Lipinski definition) is 3. The Balaban J connectivity index is 0.000000212. The molecule has 3 N–H and O–H groups in total. The van der Waals surface area contributed by atoms with Gasteiger partial charge in [-0.15, -0.1) is 10.2 Å². The first-order valence-corrected chi connectivity index (χ1v) is 27.2. The maximum Gasteiger partial charge on any atom is 0.335 e. The molecule has 0 aromatic carbocycles. The maximum atomic E-state index is 11.3. The number of H-pyrrole nitrogens is 1. The Bertz CT molecular complexity index is 2730. The topological polar surface area (TPSA) is 245 Å². The molecule has 0 bridgehead atoms. The highest BCUT2D eigenvalue weighted by Gasteiger charge is 2.30. The van der Waals surface area contributed by atoms with Crippen molar-refractivity contribution in [2.45, 2.75) is 99.6 Å². The summed E-state index contributed by atoms with van der Waals surface area (Å²) in [6.07, 6.45) is 11.6. The van der Waals surface area contributed by atoms with Gasteiger partial charge in [-0.25, -0.2) is 9.97 Å². The number of aromatic amines is 1. The van der Waals surface area contributed by atoms with E-state index < -0.39 is 30.8 Å². The average molecular weight is 977 g/mol. The molecule has 70 heavy (non-hydrogen) atoms. The number of carbonyl (C=O) groups is 2. The van der Waals surface area contributed by atoms with Crippen molar-refractivity contribution in [3.05, 3.63) is 72.3 Å². The Morgan fingerprint density at radius 1 is 0.714 bits per heavy atom. The molecular formula is C50H64N10O9Si. The summed E-state index contributed by atoms with van der Waals surface area (Å²) < 4.78 is 30.4. The second kappa shape index (κ2) is 21.9. The van der Waals surface area contributed by atoms with Crippen molar-refractivity contribution >= 4 is 20.0 Å². The molecule has 6 aromatic rings. The standard InChI is InChI=1S/C28H39N5O5Si.C22H25N5O4/c1-19-13-24(38-17-28(2,3)26(34)35)30-15-22(19)23-10-9-21(14-29-23)25-31-27(37-16-20-7-8-20)33(32-25)18-36-11-12-39(4,5)6;1-13-8-18(31-12-22(2,3)20(28)29)24-10-16(13)17-7-6-15(9-23-17)19-25-21(27-26-19)30-11-14-4-5-14/h9-10,13-15,20H,7-8,11-12,16-18H2,1-6H3,(H,34,35);6-10,14H,4-5,11-12H2,1-3H3,(H,28,29)(H,25,26,27). The molecule has 0 unspecified atom stereocenters. The minimum Gasteiger partial charge on any atom is -0.481 e. The van der Waals surface area contributed by atoms with Gasteiger partial charge < -0.3 is 33.9 Å². The van der Waals surface area contributed by atoms with Crippen LogP contribution in [0.4, 0.5) is 0 Å². The molecule has 20 heteroatoms. The molecule has 19 nitrogen and oxygen atoms in total. The molecule has 6 aromatic heterocycles. The van der Waals surface area contributed by atoms with Gasteiger partial charge in [0.2, 0.25) is 11.8 Å². The van der Waals surface area contributed by atoms with Crippen LogP contribution in [0.15, 0.2) is 61.2 Å². The first-order chi connectivity index (χ1) is 33.2. The van der Waals surface area contributed by atoms with Gasteiger partial charge in [-0.2, -0.15) is 14.6 Å². The summed E-state index contributed by atoms with van der Waals surface area (Å²) in [4.78, 5) is 49.4. The van der Waals surface area contributed by atoms with E-state index in [1.807, 2.05) is 38.1 Å². The summed E-state index contributed by atoms with van der Waals surface area (Å²) in [7, 11) is -1.18. The van der Waals surface area contributed by atoms with Gasteiger partial charge in [0.15, 0.2) is 11.6 Å². The molecule has 0 atom stereocenters. The Morgan fingerprint density at radius 3 is 1.71 bits per heavy atom. The van der Waals surface area contributed by atoms with E-state index in [0.717, 1.165) is 50.8 Å². The number of aliphatic carboxylic acids is 2. The predicted molar refractivity (Wildman–Crippen MR) is 263 cm³/mol. The maximum absolute atomic E-state index is 11.3. The lowest BCUT2D eigenvalue weighted by Crippen LogP contribution is -2.30. The number of aryl methyl sites for hydroxylation is 2. The zero-order chi connectivity index (χ0) is 50.2. The number of carboxylic acid groups (broad SMARTS) is 2. The average Bonchev–Trinajstić information content (AvgIpc) is 4.25. The van der Waals surface area contributed by atoms with Crippen LogP contribution in [-0.2, 0) is 21.1 Å². The normalized spacial score (nSPS) is 13.8. The number of aromatic nitrogens is 10. The number of hydrogen-bond acceptors (Lipinski definition) is 15. The van der Waals surface area contributed by atoms with E-state index in [-0.39, 0.29) is 13.2 Å². The summed E-state index contributed by atoms with van der Waals surface area (Å²) in [5.74, 6) is 1.30. The van der Waals surface area contributed by atoms with E-state index in [4.69, 9.17) is 23.7 Å². The van der Waals surface area contributed by atoms with E-state index in [1.165, 1.54) is 25.7 Å². The van der Waals surface area contributed by atoms with Crippen LogP contribution in [0, 0.1) is 36.5 Å². The second-order valence-corrected chi connectivity index (χ2v) is 26.2. The van der Waals surface area contributed by atoms with Crippen molar-refractivity contribution in [1.29, 1.82) is 0 Å². The third kappa shape index (κ3) is 14.4. The van der Waals surface area contributed by atoms with Gasteiger partial charge in [0, 0.05) is 73.9 Å². The molecule has 2 fully saturated rings. The van der Waals surface area contributed by atoms with Crippen molar-refractivity contribution in [3.63, 3.8) is 0 Å². The lowest BCUT2D eigenvalue weighted by atomic mass is 9.95. The van der Waals surface area contributed by atoms with Gasteiger partial charge >= 0.3 is 24.0 Å². The van der Waals surface area contributed by atoms with Crippen molar-refractivity contribution in [3.8, 4) is 69.1 Å². The number of nitrogens with one attached hydrogen (secondary N) is 1. The first-order valence-electron chi connectivity index (χ1n) is 23.5. The number of rotatable bonds is 23. The van der Waals surface area contributed by atoms with Crippen molar-refractivity contribution < 1.29 is 43.5 Å². The van der Waals surface area contributed by atoms with Crippen molar-refractivity contribution in [2.75, 3.05) is 33.0 Å². The number of pyridine rings is 4. The molecule has 6 heterocycles. The largest absolute Gasteiger partial charge is 0.481 e. The highest BCUT2D eigenvalue weighted by atomic mass is 28.3. The van der Waals surface area contributed by atoms with E-state index >= 15 is 0 Å². The third-order valence-electron chi connectivity index (χ3n) is 11.7. The Kier molecular flexibility index (Phi) is 16.0.